The van der Waals surface area contributed by atoms with Crippen LogP contribution in [0.2, 0.25) is 0 Å². The quantitative estimate of drug-likeness (QED) is 0.365. The second-order valence-corrected chi connectivity index (χ2v) is 10.3. The highest BCUT2D eigenvalue weighted by molar-refractivity contribution is 7.92. The molecule has 12 heteroatoms. The number of amides is 1. The number of ether oxygens (including phenoxy) is 1. The molecule has 2 aromatic carbocycles. The molecule has 182 valence electrons. The van der Waals surface area contributed by atoms with E-state index in [1.807, 2.05) is 30.3 Å². The predicted octanol–water partition coefficient (Wildman–Crippen LogP) is 1.20. The van der Waals surface area contributed by atoms with Gasteiger partial charge in [-0.05, 0) is 47.5 Å². The van der Waals surface area contributed by atoms with Gasteiger partial charge in [0, 0.05) is 5.69 Å². The van der Waals surface area contributed by atoms with Crippen LogP contribution in [-0.4, -0.2) is 52.9 Å². The lowest BCUT2D eigenvalue weighted by atomic mass is 10.1. The van der Waals surface area contributed by atoms with E-state index in [2.05, 4.69) is 25.6 Å². The number of hydrogen-bond acceptors (Lipinski definition) is 8. The Kier molecular flexibility index (Phi) is 7.97. The topological polar surface area (TPSA) is 154 Å². The third-order valence-corrected chi connectivity index (χ3v) is 5.35. The molecule has 1 heterocycles. The molecule has 0 radical (unpaired) electrons. The summed E-state index contributed by atoms with van der Waals surface area (Å²) in [5.74, 6) is 0.0376. The van der Waals surface area contributed by atoms with Gasteiger partial charge < -0.3 is 15.8 Å². The number of tetrazole rings is 1. The van der Waals surface area contributed by atoms with E-state index in [1.165, 1.54) is 0 Å². The molecule has 0 saturated carbocycles. The Morgan fingerprint density at radius 1 is 1.12 bits per heavy atom. The largest absolute Gasteiger partial charge is 0.374 e. The first-order chi connectivity index (χ1) is 16.0. The van der Waals surface area contributed by atoms with Crippen molar-refractivity contribution in [1.29, 1.82) is 0 Å². The van der Waals surface area contributed by atoms with Crippen LogP contribution in [0.5, 0.6) is 0 Å². The van der Waals surface area contributed by atoms with Crippen LogP contribution in [0.3, 0.4) is 0 Å². The van der Waals surface area contributed by atoms with Crippen LogP contribution < -0.4 is 15.8 Å². The Morgan fingerprint density at radius 3 is 2.41 bits per heavy atom. The van der Waals surface area contributed by atoms with Crippen molar-refractivity contribution in [1.82, 2.24) is 25.5 Å². The average Bonchev–Trinajstić information content (AvgIpc) is 3.21. The fourth-order valence-corrected chi connectivity index (χ4v) is 3.60. The Balaban J connectivity index is 1.75. The first-order valence-corrected chi connectivity index (χ1v) is 12.4. The van der Waals surface area contributed by atoms with E-state index in [-0.39, 0.29) is 12.5 Å². The number of carbonyl (C=O) groups is 1. The van der Waals surface area contributed by atoms with E-state index in [0.717, 1.165) is 17.4 Å². The zero-order valence-electron chi connectivity index (χ0n) is 19.3. The van der Waals surface area contributed by atoms with Gasteiger partial charge in [-0.1, -0.05) is 42.5 Å². The van der Waals surface area contributed by atoms with Crippen LogP contribution in [0, 0.1) is 0 Å². The van der Waals surface area contributed by atoms with Gasteiger partial charge in [-0.2, -0.15) is 0 Å². The number of hydrogen-bond donors (Lipinski definition) is 3. The van der Waals surface area contributed by atoms with Gasteiger partial charge in [0.1, 0.15) is 6.04 Å². The lowest BCUT2D eigenvalue weighted by molar-refractivity contribution is -0.126. The number of aromatic nitrogens is 4. The fourth-order valence-electron chi connectivity index (χ4n) is 3.03. The minimum Gasteiger partial charge on any atom is -0.374 e. The van der Waals surface area contributed by atoms with Crippen LogP contribution in [0.4, 0.5) is 5.69 Å². The van der Waals surface area contributed by atoms with E-state index in [0.29, 0.717) is 24.7 Å². The lowest BCUT2D eigenvalue weighted by Gasteiger charge is -2.24. The van der Waals surface area contributed by atoms with Gasteiger partial charge in [-0.3, -0.25) is 9.52 Å². The van der Waals surface area contributed by atoms with Crippen LogP contribution in [0.25, 0.3) is 0 Å². The minimum atomic E-state index is -3.36. The molecule has 0 aliphatic rings. The number of carbonyl (C=O) groups excluding carboxylic acids is 1. The van der Waals surface area contributed by atoms with Crippen LogP contribution in [-0.2, 0) is 32.7 Å². The molecule has 3 rings (SSSR count). The highest BCUT2D eigenvalue weighted by atomic mass is 32.2. The molecular formula is C22H29N7O4S. The zero-order chi connectivity index (χ0) is 24.8. The normalized spacial score (nSPS) is 12.8. The summed E-state index contributed by atoms with van der Waals surface area (Å²) in [5.41, 5.74) is 7.14. The first-order valence-electron chi connectivity index (χ1n) is 10.6. The Bertz CT molecular complexity index is 1190. The van der Waals surface area contributed by atoms with E-state index in [1.54, 1.807) is 42.8 Å². The monoisotopic (exact) mass is 487 g/mol. The second-order valence-electron chi connectivity index (χ2n) is 8.51. The highest BCUT2D eigenvalue weighted by Crippen LogP contribution is 2.16. The van der Waals surface area contributed by atoms with Crippen molar-refractivity contribution in [3.8, 4) is 0 Å². The SMILES string of the molecule is CC(C)(N)C(=O)NC(COCc1ccccc1)c1nnnn1Cc1ccc(NS(C)(=O)=O)cc1. The molecule has 0 aliphatic carbocycles. The molecule has 0 spiro atoms. The Labute approximate surface area is 198 Å². The highest BCUT2D eigenvalue weighted by Gasteiger charge is 2.28. The molecule has 3 aromatic rings. The fraction of sp³-hybridized carbons (Fsp3) is 0.364. The summed E-state index contributed by atoms with van der Waals surface area (Å²) in [7, 11) is -3.36. The van der Waals surface area contributed by atoms with E-state index in [9.17, 15) is 13.2 Å². The first kappa shape index (κ1) is 25.3. The summed E-state index contributed by atoms with van der Waals surface area (Å²) in [6.07, 6.45) is 1.09. The van der Waals surface area contributed by atoms with E-state index in [4.69, 9.17) is 10.5 Å². The molecule has 0 saturated heterocycles. The van der Waals surface area contributed by atoms with Crippen LogP contribution >= 0.6 is 0 Å². The third kappa shape index (κ3) is 7.61. The van der Waals surface area contributed by atoms with Crippen molar-refractivity contribution in [2.75, 3.05) is 17.6 Å². The number of sulfonamides is 1. The van der Waals surface area contributed by atoms with Crippen LogP contribution in [0.15, 0.2) is 54.6 Å². The minimum absolute atomic E-state index is 0.133. The van der Waals surface area contributed by atoms with Crippen molar-refractivity contribution >= 4 is 21.6 Å². The Hall–Kier alpha value is -3.35. The van der Waals surface area contributed by atoms with Crippen molar-refractivity contribution in [3.05, 3.63) is 71.5 Å². The molecule has 34 heavy (non-hydrogen) atoms. The molecule has 0 bridgehead atoms. The van der Waals surface area contributed by atoms with E-state index >= 15 is 0 Å². The number of nitrogens with one attached hydrogen (secondary N) is 2. The summed E-state index contributed by atoms with van der Waals surface area (Å²) in [5, 5.41) is 14.8. The molecule has 1 aromatic heterocycles. The molecule has 1 amide bonds. The number of anilines is 1. The predicted molar refractivity (Wildman–Crippen MR) is 127 cm³/mol. The smallest absolute Gasteiger partial charge is 0.240 e. The van der Waals surface area contributed by atoms with Gasteiger partial charge >= 0.3 is 0 Å². The van der Waals surface area contributed by atoms with Crippen molar-refractivity contribution in [2.45, 2.75) is 38.6 Å². The van der Waals surface area contributed by atoms with Gasteiger partial charge in [0.25, 0.3) is 0 Å². The van der Waals surface area contributed by atoms with Gasteiger partial charge in [0.2, 0.25) is 15.9 Å². The van der Waals surface area contributed by atoms with Gasteiger partial charge in [-0.25, -0.2) is 13.1 Å². The number of rotatable bonds is 11. The molecule has 11 nitrogen and oxygen atoms in total. The number of nitrogens with zero attached hydrogens (tertiary/aromatic N) is 4. The summed E-state index contributed by atoms with van der Waals surface area (Å²) in [4.78, 5) is 12.6. The van der Waals surface area contributed by atoms with E-state index < -0.39 is 21.6 Å². The van der Waals surface area contributed by atoms with Gasteiger partial charge in [-0.15, -0.1) is 5.10 Å². The van der Waals surface area contributed by atoms with Crippen LogP contribution in [0.1, 0.15) is 36.8 Å². The summed E-state index contributed by atoms with van der Waals surface area (Å²) >= 11 is 0. The maximum absolute atomic E-state index is 12.6. The lowest BCUT2D eigenvalue weighted by Crippen LogP contribution is -2.51. The van der Waals surface area contributed by atoms with Gasteiger partial charge in [0.05, 0.1) is 31.6 Å². The molecule has 1 unspecified atom stereocenters. The van der Waals surface area contributed by atoms with Gasteiger partial charge in [0.15, 0.2) is 5.82 Å². The second kappa shape index (κ2) is 10.7. The summed E-state index contributed by atoms with van der Waals surface area (Å²) in [6, 6.07) is 15.9. The van der Waals surface area contributed by atoms with Crippen molar-refractivity contribution in [3.63, 3.8) is 0 Å². The third-order valence-electron chi connectivity index (χ3n) is 4.75. The molecule has 0 fully saturated rings. The molecular weight excluding hydrogens is 458 g/mol. The maximum atomic E-state index is 12.6. The standard InChI is InChI=1S/C22H29N7O4S/c1-22(2,23)21(30)24-19(15-33-14-17-7-5-4-6-8-17)20-25-27-28-29(20)13-16-9-11-18(12-10-16)26-34(3,31)32/h4-12,19,26H,13-15,23H2,1-3H3,(H,24,30). The number of benzene rings is 2. The molecule has 4 N–H and O–H groups in total. The van der Waals surface area contributed by atoms with Crippen molar-refractivity contribution < 1.29 is 17.9 Å². The number of nitrogens with two attached hydrogens (primary N) is 1. The Morgan fingerprint density at radius 2 is 1.79 bits per heavy atom. The summed E-state index contributed by atoms with van der Waals surface area (Å²) in [6.45, 7) is 4.01. The van der Waals surface area contributed by atoms with Crippen molar-refractivity contribution in [2.24, 2.45) is 5.73 Å². The maximum Gasteiger partial charge on any atom is 0.240 e. The molecule has 0 aliphatic heterocycles. The zero-order valence-corrected chi connectivity index (χ0v) is 20.1. The average molecular weight is 488 g/mol. The summed E-state index contributed by atoms with van der Waals surface area (Å²) < 4.78 is 32.6. The molecule has 1 atom stereocenters.